The van der Waals surface area contributed by atoms with Gasteiger partial charge >= 0.3 is 5.69 Å². The van der Waals surface area contributed by atoms with Gasteiger partial charge in [-0.1, -0.05) is 6.07 Å². The third-order valence-corrected chi connectivity index (χ3v) is 2.01. The summed E-state index contributed by atoms with van der Waals surface area (Å²) in [4.78, 5) is 16.9. The van der Waals surface area contributed by atoms with Crippen LogP contribution < -0.4 is 0 Å². The molecule has 2 rings (SSSR count). The molecule has 0 fully saturated rings. The van der Waals surface area contributed by atoms with Gasteiger partial charge in [0.25, 0.3) is 5.95 Å². The van der Waals surface area contributed by atoms with Crippen LogP contribution in [0.5, 0.6) is 0 Å². The van der Waals surface area contributed by atoms with Crippen LogP contribution in [0.25, 0.3) is 11.1 Å². The molecule has 0 atom stereocenters. The number of nitro groups is 1. The molecule has 0 aromatic carbocycles. The SMILES string of the molecule is O=[N+]([O-])c1cc(-c2cccnc2)cnc1F. The van der Waals surface area contributed by atoms with Gasteiger partial charge < -0.3 is 0 Å². The van der Waals surface area contributed by atoms with Gasteiger partial charge in [-0.05, 0) is 6.07 Å². The summed E-state index contributed by atoms with van der Waals surface area (Å²) in [7, 11) is 0. The van der Waals surface area contributed by atoms with Gasteiger partial charge in [0.2, 0.25) is 0 Å². The van der Waals surface area contributed by atoms with E-state index in [1.165, 1.54) is 12.4 Å². The van der Waals surface area contributed by atoms with Crippen LogP contribution in [0.15, 0.2) is 36.8 Å². The Hall–Kier alpha value is -2.37. The molecule has 0 aliphatic carbocycles. The molecular formula is C10H6FN3O2. The lowest BCUT2D eigenvalue weighted by Gasteiger charge is -2.00. The quantitative estimate of drug-likeness (QED) is 0.441. The molecule has 0 aliphatic rings. The molecule has 0 saturated heterocycles. The highest BCUT2D eigenvalue weighted by Crippen LogP contribution is 2.23. The Morgan fingerprint density at radius 1 is 1.31 bits per heavy atom. The van der Waals surface area contributed by atoms with E-state index < -0.39 is 16.6 Å². The summed E-state index contributed by atoms with van der Waals surface area (Å²) in [6.45, 7) is 0. The van der Waals surface area contributed by atoms with Gasteiger partial charge in [0, 0.05) is 35.8 Å². The maximum absolute atomic E-state index is 13.0. The molecule has 80 valence electrons. The molecular weight excluding hydrogens is 213 g/mol. The van der Waals surface area contributed by atoms with Crippen molar-refractivity contribution in [3.8, 4) is 11.1 Å². The van der Waals surface area contributed by atoms with E-state index in [-0.39, 0.29) is 0 Å². The lowest BCUT2D eigenvalue weighted by molar-refractivity contribution is -0.388. The fourth-order valence-corrected chi connectivity index (χ4v) is 1.26. The van der Waals surface area contributed by atoms with Crippen molar-refractivity contribution in [1.82, 2.24) is 9.97 Å². The summed E-state index contributed by atoms with van der Waals surface area (Å²) in [5.41, 5.74) is 0.473. The van der Waals surface area contributed by atoms with Crippen LogP contribution in [0.2, 0.25) is 0 Å². The Morgan fingerprint density at radius 2 is 2.12 bits per heavy atom. The first kappa shape index (κ1) is 10.2. The Morgan fingerprint density at radius 3 is 2.75 bits per heavy atom. The Bertz CT molecular complexity index is 531. The maximum atomic E-state index is 13.0. The van der Waals surface area contributed by atoms with E-state index in [9.17, 15) is 14.5 Å². The zero-order chi connectivity index (χ0) is 11.5. The first-order valence-corrected chi connectivity index (χ1v) is 4.39. The van der Waals surface area contributed by atoms with E-state index in [1.807, 2.05) is 0 Å². The maximum Gasteiger partial charge on any atom is 0.324 e. The minimum atomic E-state index is -1.09. The number of pyridine rings is 2. The second-order valence-corrected chi connectivity index (χ2v) is 3.03. The molecule has 0 aliphatic heterocycles. The van der Waals surface area contributed by atoms with Gasteiger partial charge in [0.1, 0.15) is 0 Å². The van der Waals surface area contributed by atoms with Gasteiger partial charge in [-0.15, -0.1) is 0 Å². The van der Waals surface area contributed by atoms with Crippen LogP contribution in [0.1, 0.15) is 0 Å². The standard InChI is InChI=1S/C10H6FN3O2/c11-10-9(14(15)16)4-8(6-13-10)7-2-1-3-12-5-7/h1-6H. The number of hydrogen-bond acceptors (Lipinski definition) is 4. The van der Waals surface area contributed by atoms with Crippen molar-refractivity contribution in [3.05, 3.63) is 52.9 Å². The summed E-state index contributed by atoms with van der Waals surface area (Å²) in [5.74, 6) is -1.09. The molecule has 0 unspecified atom stereocenters. The Labute approximate surface area is 89.7 Å². The van der Waals surface area contributed by atoms with Crippen LogP contribution in [-0.2, 0) is 0 Å². The topological polar surface area (TPSA) is 68.9 Å². The summed E-state index contributed by atoms with van der Waals surface area (Å²) < 4.78 is 13.0. The van der Waals surface area contributed by atoms with E-state index in [1.54, 1.807) is 18.3 Å². The highest BCUT2D eigenvalue weighted by molar-refractivity contribution is 5.63. The van der Waals surface area contributed by atoms with E-state index in [4.69, 9.17) is 0 Å². The average Bonchev–Trinajstić information content (AvgIpc) is 2.30. The van der Waals surface area contributed by atoms with Crippen LogP contribution in [0, 0.1) is 16.1 Å². The number of nitrogens with zero attached hydrogens (tertiary/aromatic N) is 3. The van der Waals surface area contributed by atoms with Crippen molar-refractivity contribution in [2.45, 2.75) is 0 Å². The lowest BCUT2D eigenvalue weighted by atomic mass is 10.1. The lowest BCUT2D eigenvalue weighted by Crippen LogP contribution is -1.95. The van der Waals surface area contributed by atoms with Crippen molar-refractivity contribution >= 4 is 5.69 Å². The molecule has 0 radical (unpaired) electrons. The molecule has 0 saturated carbocycles. The van der Waals surface area contributed by atoms with Crippen molar-refractivity contribution in [2.24, 2.45) is 0 Å². The van der Waals surface area contributed by atoms with E-state index in [0.29, 0.717) is 11.1 Å². The van der Waals surface area contributed by atoms with Crippen molar-refractivity contribution in [2.75, 3.05) is 0 Å². The second-order valence-electron chi connectivity index (χ2n) is 3.03. The molecule has 0 bridgehead atoms. The highest BCUT2D eigenvalue weighted by atomic mass is 19.1. The fourth-order valence-electron chi connectivity index (χ4n) is 1.26. The minimum absolute atomic E-state index is 0.459. The molecule has 5 nitrogen and oxygen atoms in total. The van der Waals surface area contributed by atoms with Gasteiger partial charge in [-0.25, -0.2) is 4.98 Å². The predicted molar refractivity (Wildman–Crippen MR) is 54.1 cm³/mol. The molecule has 2 aromatic heterocycles. The fraction of sp³-hybridized carbons (Fsp3) is 0. The molecule has 0 spiro atoms. The second kappa shape index (κ2) is 4.01. The third kappa shape index (κ3) is 1.85. The predicted octanol–water partition coefficient (Wildman–Crippen LogP) is 2.19. The Kier molecular flexibility index (Phi) is 2.55. The van der Waals surface area contributed by atoms with Crippen LogP contribution in [0.4, 0.5) is 10.1 Å². The zero-order valence-corrected chi connectivity index (χ0v) is 8.00. The molecule has 6 heteroatoms. The van der Waals surface area contributed by atoms with E-state index >= 15 is 0 Å². The third-order valence-electron chi connectivity index (χ3n) is 2.01. The van der Waals surface area contributed by atoms with Crippen molar-refractivity contribution in [1.29, 1.82) is 0 Å². The summed E-state index contributed by atoms with van der Waals surface area (Å²) in [5, 5.41) is 10.5. The molecule has 0 amide bonds. The number of rotatable bonds is 2. The summed E-state index contributed by atoms with van der Waals surface area (Å²) in [6, 6.07) is 4.54. The first-order valence-electron chi connectivity index (χ1n) is 4.39. The molecule has 16 heavy (non-hydrogen) atoms. The van der Waals surface area contributed by atoms with Gasteiger partial charge in [0.15, 0.2) is 0 Å². The zero-order valence-electron chi connectivity index (χ0n) is 8.00. The normalized spacial score (nSPS) is 10.1. The molecule has 2 aromatic rings. The summed E-state index contributed by atoms with van der Waals surface area (Å²) in [6.07, 6.45) is 4.34. The molecule has 0 N–H and O–H groups in total. The average molecular weight is 219 g/mol. The van der Waals surface area contributed by atoms with E-state index in [0.717, 1.165) is 6.07 Å². The van der Waals surface area contributed by atoms with Crippen LogP contribution >= 0.6 is 0 Å². The smallest absolute Gasteiger partial charge is 0.264 e. The van der Waals surface area contributed by atoms with Crippen LogP contribution in [0.3, 0.4) is 0 Å². The van der Waals surface area contributed by atoms with E-state index in [2.05, 4.69) is 9.97 Å². The van der Waals surface area contributed by atoms with Gasteiger partial charge in [-0.3, -0.25) is 15.1 Å². The number of aromatic nitrogens is 2. The largest absolute Gasteiger partial charge is 0.324 e. The summed E-state index contributed by atoms with van der Waals surface area (Å²) >= 11 is 0. The minimum Gasteiger partial charge on any atom is -0.264 e. The van der Waals surface area contributed by atoms with Crippen molar-refractivity contribution < 1.29 is 9.31 Å². The van der Waals surface area contributed by atoms with Crippen LogP contribution in [-0.4, -0.2) is 14.9 Å². The van der Waals surface area contributed by atoms with Crippen molar-refractivity contribution in [3.63, 3.8) is 0 Å². The Balaban J connectivity index is 2.52. The van der Waals surface area contributed by atoms with Gasteiger partial charge in [0.05, 0.1) is 4.92 Å². The highest BCUT2D eigenvalue weighted by Gasteiger charge is 2.16. The van der Waals surface area contributed by atoms with Gasteiger partial charge in [-0.2, -0.15) is 4.39 Å². The number of hydrogen-bond donors (Lipinski definition) is 0. The monoisotopic (exact) mass is 219 g/mol. The number of halogens is 1. The molecule has 2 heterocycles. The first-order chi connectivity index (χ1) is 7.68.